The Balaban J connectivity index is 1.75. The van der Waals surface area contributed by atoms with Crippen LogP contribution in [0.3, 0.4) is 0 Å². The standard InChI is InChI=1S/C19H25N3OSi/c1-24(2,3)11-10-23-14-22-13-15(12-21-22)16-6-4-8-18-17(16)7-5-9-19(18)20/h4-9,12-13H,10-11,14,20H2,1-3H3. The number of nitrogen functional groups attached to an aromatic ring is 1. The van der Waals surface area contributed by atoms with Crippen molar-refractivity contribution in [2.45, 2.75) is 32.4 Å². The minimum Gasteiger partial charge on any atom is -0.398 e. The number of nitrogens with zero attached hydrogens (tertiary/aromatic N) is 2. The summed E-state index contributed by atoms with van der Waals surface area (Å²) in [4.78, 5) is 0. The summed E-state index contributed by atoms with van der Waals surface area (Å²) >= 11 is 0. The fourth-order valence-corrected chi connectivity index (χ4v) is 3.45. The van der Waals surface area contributed by atoms with Crippen LogP contribution in [0, 0.1) is 0 Å². The van der Waals surface area contributed by atoms with E-state index in [1.807, 2.05) is 35.3 Å². The second-order valence-corrected chi connectivity index (χ2v) is 13.0. The number of anilines is 1. The van der Waals surface area contributed by atoms with Gasteiger partial charge in [0.25, 0.3) is 0 Å². The van der Waals surface area contributed by atoms with Gasteiger partial charge in [-0.05, 0) is 23.1 Å². The minimum absolute atomic E-state index is 0.497. The van der Waals surface area contributed by atoms with Crippen molar-refractivity contribution in [3.63, 3.8) is 0 Å². The van der Waals surface area contributed by atoms with Crippen molar-refractivity contribution in [1.82, 2.24) is 9.78 Å². The summed E-state index contributed by atoms with van der Waals surface area (Å²) < 4.78 is 7.62. The summed E-state index contributed by atoms with van der Waals surface area (Å²) in [6.07, 6.45) is 3.92. The molecule has 3 aromatic rings. The van der Waals surface area contributed by atoms with Gasteiger partial charge in [0.15, 0.2) is 0 Å². The van der Waals surface area contributed by atoms with Crippen LogP contribution in [-0.2, 0) is 11.5 Å². The summed E-state index contributed by atoms with van der Waals surface area (Å²) in [5, 5.41) is 6.66. The van der Waals surface area contributed by atoms with Crippen LogP contribution in [0.2, 0.25) is 25.7 Å². The average molecular weight is 340 g/mol. The molecule has 0 unspecified atom stereocenters. The molecular formula is C19H25N3OSi. The van der Waals surface area contributed by atoms with E-state index in [-0.39, 0.29) is 0 Å². The molecular weight excluding hydrogens is 314 g/mol. The normalized spacial score (nSPS) is 12.0. The minimum atomic E-state index is -1.05. The van der Waals surface area contributed by atoms with Crippen molar-refractivity contribution in [2.24, 2.45) is 0 Å². The van der Waals surface area contributed by atoms with Gasteiger partial charge in [-0.3, -0.25) is 0 Å². The van der Waals surface area contributed by atoms with Crippen LogP contribution in [0.25, 0.3) is 21.9 Å². The molecule has 0 amide bonds. The van der Waals surface area contributed by atoms with Gasteiger partial charge in [0, 0.05) is 37.5 Å². The molecule has 0 radical (unpaired) electrons. The second kappa shape index (κ2) is 6.79. The van der Waals surface area contributed by atoms with Crippen LogP contribution >= 0.6 is 0 Å². The van der Waals surface area contributed by atoms with Gasteiger partial charge in [0.1, 0.15) is 6.73 Å². The lowest BCUT2D eigenvalue weighted by Gasteiger charge is -2.15. The van der Waals surface area contributed by atoms with Crippen molar-refractivity contribution in [3.8, 4) is 11.1 Å². The van der Waals surface area contributed by atoms with Crippen LogP contribution in [-0.4, -0.2) is 24.5 Å². The summed E-state index contributed by atoms with van der Waals surface area (Å²) in [6, 6.07) is 13.4. The first-order chi connectivity index (χ1) is 11.4. The molecule has 0 fully saturated rings. The number of ether oxygens (including phenoxy) is 1. The van der Waals surface area contributed by atoms with Gasteiger partial charge in [0.05, 0.1) is 6.20 Å². The van der Waals surface area contributed by atoms with E-state index in [1.54, 1.807) is 0 Å². The largest absolute Gasteiger partial charge is 0.398 e. The molecule has 4 nitrogen and oxygen atoms in total. The maximum atomic E-state index is 6.09. The average Bonchev–Trinajstić information content (AvgIpc) is 2.99. The van der Waals surface area contributed by atoms with Crippen LogP contribution < -0.4 is 5.73 Å². The summed E-state index contributed by atoms with van der Waals surface area (Å²) in [7, 11) is -1.05. The van der Waals surface area contributed by atoms with Crippen molar-refractivity contribution in [1.29, 1.82) is 0 Å². The molecule has 1 aromatic heterocycles. The predicted octanol–water partition coefficient (Wildman–Crippen LogP) is 4.60. The highest BCUT2D eigenvalue weighted by molar-refractivity contribution is 6.76. The topological polar surface area (TPSA) is 53.1 Å². The molecule has 0 aliphatic rings. The SMILES string of the molecule is C[Si](C)(C)CCOCn1cc(-c2cccc3c(N)cccc23)cn1. The number of fused-ring (bicyclic) bond motifs is 1. The number of hydrogen-bond acceptors (Lipinski definition) is 3. The van der Waals surface area contributed by atoms with Crippen LogP contribution in [0.5, 0.6) is 0 Å². The maximum absolute atomic E-state index is 6.09. The highest BCUT2D eigenvalue weighted by Gasteiger charge is 2.12. The number of nitrogens with two attached hydrogens (primary N) is 1. The maximum Gasteiger partial charge on any atom is 0.139 e. The van der Waals surface area contributed by atoms with Crippen molar-refractivity contribution >= 4 is 24.5 Å². The zero-order valence-corrected chi connectivity index (χ0v) is 15.6. The molecule has 0 spiro atoms. The van der Waals surface area contributed by atoms with Crippen molar-refractivity contribution in [3.05, 3.63) is 48.8 Å². The molecule has 0 bridgehead atoms. The predicted molar refractivity (Wildman–Crippen MR) is 104 cm³/mol. The molecule has 0 aliphatic heterocycles. The van der Waals surface area contributed by atoms with Gasteiger partial charge >= 0.3 is 0 Å². The lowest BCUT2D eigenvalue weighted by Crippen LogP contribution is -2.22. The van der Waals surface area contributed by atoms with E-state index in [0.717, 1.165) is 34.2 Å². The number of hydrogen-bond donors (Lipinski definition) is 1. The monoisotopic (exact) mass is 339 g/mol. The Labute approximate surface area is 144 Å². The van der Waals surface area contributed by atoms with Gasteiger partial charge in [-0.1, -0.05) is 50.0 Å². The van der Waals surface area contributed by atoms with Crippen LogP contribution in [0.4, 0.5) is 5.69 Å². The molecule has 0 saturated carbocycles. The Morgan fingerprint density at radius 2 is 1.83 bits per heavy atom. The Morgan fingerprint density at radius 1 is 1.08 bits per heavy atom. The molecule has 0 saturated heterocycles. The number of aromatic nitrogens is 2. The Kier molecular flexibility index (Phi) is 4.73. The van der Waals surface area contributed by atoms with Crippen molar-refractivity contribution < 1.29 is 4.74 Å². The molecule has 0 aliphatic carbocycles. The van der Waals surface area contributed by atoms with Crippen LogP contribution in [0.15, 0.2) is 48.8 Å². The smallest absolute Gasteiger partial charge is 0.139 e. The third-order valence-corrected chi connectivity index (χ3v) is 5.82. The first-order valence-electron chi connectivity index (χ1n) is 8.32. The number of rotatable bonds is 6. The van der Waals surface area contributed by atoms with Gasteiger partial charge in [-0.25, -0.2) is 4.68 Å². The van der Waals surface area contributed by atoms with Gasteiger partial charge in [0.2, 0.25) is 0 Å². The highest BCUT2D eigenvalue weighted by atomic mass is 28.3. The zero-order valence-electron chi connectivity index (χ0n) is 14.6. The van der Waals surface area contributed by atoms with E-state index in [2.05, 4.69) is 42.9 Å². The molecule has 24 heavy (non-hydrogen) atoms. The molecule has 0 atom stereocenters. The molecule has 3 rings (SSSR count). The lowest BCUT2D eigenvalue weighted by molar-refractivity contribution is 0.0786. The van der Waals surface area contributed by atoms with E-state index in [9.17, 15) is 0 Å². The molecule has 5 heteroatoms. The van der Waals surface area contributed by atoms with E-state index < -0.39 is 8.07 Å². The molecule has 126 valence electrons. The first-order valence-corrected chi connectivity index (χ1v) is 12.0. The fraction of sp³-hybridized carbons (Fsp3) is 0.316. The third-order valence-electron chi connectivity index (χ3n) is 4.12. The lowest BCUT2D eigenvalue weighted by atomic mass is 10.00. The second-order valence-electron chi connectivity index (χ2n) is 7.36. The molecule has 2 N–H and O–H groups in total. The molecule has 2 aromatic carbocycles. The van der Waals surface area contributed by atoms with Crippen molar-refractivity contribution in [2.75, 3.05) is 12.3 Å². The van der Waals surface area contributed by atoms with Gasteiger partial charge in [-0.15, -0.1) is 0 Å². The van der Waals surface area contributed by atoms with E-state index >= 15 is 0 Å². The first kappa shape index (κ1) is 16.7. The summed E-state index contributed by atoms with van der Waals surface area (Å²) in [5.41, 5.74) is 9.12. The van der Waals surface area contributed by atoms with E-state index in [4.69, 9.17) is 10.5 Å². The van der Waals surface area contributed by atoms with Gasteiger partial charge < -0.3 is 10.5 Å². The summed E-state index contributed by atoms with van der Waals surface area (Å²) in [5.74, 6) is 0. The fourth-order valence-electron chi connectivity index (χ4n) is 2.70. The Bertz CT molecular complexity index is 836. The van der Waals surface area contributed by atoms with E-state index in [0.29, 0.717) is 6.73 Å². The Hall–Kier alpha value is -2.11. The van der Waals surface area contributed by atoms with E-state index in [1.165, 1.54) is 6.04 Å². The van der Waals surface area contributed by atoms with Crippen LogP contribution in [0.1, 0.15) is 0 Å². The third kappa shape index (κ3) is 3.86. The highest BCUT2D eigenvalue weighted by Crippen LogP contribution is 2.31. The summed E-state index contributed by atoms with van der Waals surface area (Å²) in [6.45, 7) is 8.37. The quantitative estimate of drug-likeness (QED) is 0.406. The Morgan fingerprint density at radius 3 is 2.62 bits per heavy atom. The zero-order chi connectivity index (χ0) is 17.2. The van der Waals surface area contributed by atoms with Gasteiger partial charge in [-0.2, -0.15) is 5.10 Å². The molecule has 1 heterocycles. The number of benzene rings is 2.